The van der Waals surface area contributed by atoms with Gasteiger partial charge in [0.25, 0.3) is 0 Å². The fraction of sp³-hybridized carbons (Fsp3) is 0.333. The lowest BCUT2D eigenvalue weighted by molar-refractivity contribution is -0.116. The van der Waals surface area contributed by atoms with Crippen molar-refractivity contribution >= 4 is 23.2 Å². The Kier molecular flexibility index (Phi) is 8.61. The minimum atomic E-state index is -0.618. The van der Waals surface area contributed by atoms with E-state index in [0.717, 1.165) is 6.20 Å². The molecular formula is C27H27ClF3N3O2. The normalized spacial score (nSPS) is 18.6. The van der Waals surface area contributed by atoms with Crippen LogP contribution in [0.5, 0.6) is 0 Å². The minimum absolute atomic E-state index is 0.0388. The van der Waals surface area contributed by atoms with Crippen LogP contribution in [-0.2, 0) is 16.0 Å². The van der Waals surface area contributed by atoms with Crippen molar-refractivity contribution in [2.75, 3.05) is 18.5 Å². The summed E-state index contributed by atoms with van der Waals surface area (Å²) in [6, 6.07) is 10.2. The number of hydrogen-bond acceptors (Lipinski definition) is 4. The van der Waals surface area contributed by atoms with E-state index in [2.05, 4.69) is 15.6 Å². The zero-order valence-electron chi connectivity index (χ0n) is 19.7. The number of pyridine rings is 1. The molecule has 4 rings (SSSR count). The first kappa shape index (κ1) is 26.1. The van der Waals surface area contributed by atoms with Crippen LogP contribution in [0, 0.1) is 17.5 Å². The topological polar surface area (TPSA) is 63.2 Å². The molecule has 3 atom stereocenters. The molecule has 1 aromatic heterocycles. The van der Waals surface area contributed by atoms with Gasteiger partial charge in [0.15, 0.2) is 0 Å². The molecule has 0 saturated carbocycles. The Labute approximate surface area is 213 Å². The first-order chi connectivity index (χ1) is 17.3. The van der Waals surface area contributed by atoms with Gasteiger partial charge in [0.2, 0.25) is 5.91 Å². The molecule has 0 aliphatic carbocycles. The van der Waals surface area contributed by atoms with Gasteiger partial charge in [0.05, 0.1) is 35.8 Å². The summed E-state index contributed by atoms with van der Waals surface area (Å²) in [5.41, 5.74) is 1.75. The maximum atomic E-state index is 14.7. The maximum Gasteiger partial charge on any atom is 0.225 e. The number of carbonyl (C=O) groups excluding carboxylic acids is 1. The highest BCUT2D eigenvalue weighted by Gasteiger charge is 2.23. The van der Waals surface area contributed by atoms with Crippen molar-refractivity contribution in [3.05, 3.63) is 94.0 Å². The quantitative estimate of drug-likeness (QED) is 0.407. The Morgan fingerprint density at radius 1 is 1.14 bits per heavy atom. The van der Waals surface area contributed by atoms with Gasteiger partial charge in [0, 0.05) is 30.5 Å². The molecule has 190 valence electrons. The molecule has 5 nitrogen and oxygen atoms in total. The number of hydrogen-bond donors (Lipinski definition) is 2. The van der Waals surface area contributed by atoms with Crippen molar-refractivity contribution in [1.82, 2.24) is 10.3 Å². The summed E-state index contributed by atoms with van der Waals surface area (Å²) in [5.74, 6) is -2.55. The Balaban J connectivity index is 1.51. The van der Waals surface area contributed by atoms with Gasteiger partial charge in [-0.1, -0.05) is 29.8 Å². The molecule has 1 aliphatic rings. The summed E-state index contributed by atoms with van der Waals surface area (Å²) in [4.78, 5) is 17.0. The minimum Gasteiger partial charge on any atom is -0.375 e. The lowest BCUT2D eigenvalue weighted by Crippen LogP contribution is -2.44. The summed E-state index contributed by atoms with van der Waals surface area (Å²) in [6.07, 6.45) is 3.31. The van der Waals surface area contributed by atoms with E-state index in [1.807, 2.05) is 6.92 Å². The van der Waals surface area contributed by atoms with Crippen LogP contribution in [0.15, 0.2) is 54.9 Å². The van der Waals surface area contributed by atoms with Gasteiger partial charge >= 0.3 is 0 Å². The molecule has 0 unspecified atom stereocenters. The standard InChI is InChI=1S/C27H27ClF3N3O2/c1-16-15-36-20(12-33-16)7-8-21-25(31)13-32-14-26(21)34-27(35)11-22(17-2-5-19(29)6-3-17)18-4-9-23(28)24(30)10-18/h2-6,9-10,13-14,16,20,22,33H,7-8,11-12,15H2,1H3,(H,34,35)/t16-,20+,22+/m0/s1. The van der Waals surface area contributed by atoms with E-state index in [9.17, 15) is 18.0 Å². The molecule has 1 aliphatic heterocycles. The lowest BCUT2D eigenvalue weighted by atomic mass is 9.88. The first-order valence-electron chi connectivity index (χ1n) is 11.8. The van der Waals surface area contributed by atoms with E-state index in [1.54, 1.807) is 18.2 Å². The van der Waals surface area contributed by atoms with E-state index in [1.165, 1.54) is 30.5 Å². The fourth-order valence-electron chi connectivity index (χ4n) is 4.28. The number of anilines is 1. The zero-order valence-corrected chi connectivity index (χ0v) is 20.5. The van der Waals surface area contributed by atoms with Gasteiger partial charge in [-0.3, -0.25) is 9.78 Å². The number of morpholine rings is 1. The van der Waals surface area contributed by atoms with Crippen molar-refractivity contribution in [3.8, 4) is 0 Å². The van der Waals surface area contributed by atoms with Crippen LogP contribution in [0.25, 0.3) is 0 Å². The lowest BCUT2D eigenvalue weighted by Gasteiger charge is -2.28. The molecule has 2 N–H and O–H groups in total. The number of carbonyl (C=O) groups is 1. The third-order valence-electron chi connectivity index (χ3n) is 6.28. The van der Waals surface area contributed by atoms with Crippen LogP contribution < -0.4 is 10.6 Å². The van der Waals surface area contributed by atoms with E-state index in [-0.39, 0.29) is 29.3 Å². The van der Waals surface area contributed by atoms with Crippen molar-refractivity contribution < 1.29 is 22.7 Å². The Morgan fingerprint density at radius 2 is 1.89 bits per heavy atom. The molecule has 0 bridgehead atoms. The van der Waals surface area contributed by atoms with Crippen molar-refractivity contribution in [3.63, 3.8) is 0 Å². The number of ether oxygens (including phenoxy) is 1. The van der Waals surface area contributed by atoms with E-state index < -0.39 is 29.3 Å². The molecule has 3 aromatic rings. The second-order valence-corrected chi connectivity index (χ2v) is 9.39. The Bertz CT molecular complexity index is 1200. The highest BCUT2D eigenvalue weighted by Crippen LogP contribution is 2.31. The molecule has 36 heavy (non-hydrogen) atoms. The van der Waals surface area contributed by atoms with Crippen LogP contribution in [0.3, 0.4) is 0 Å². The van der Waals surface area contributed by atoms with Crippen molar-refractivity contribution in [1.29, 1.82) is 0 Å². The Morgan fingerprint density at radius 3 is 2.58 bits per heavy atom. The van der Waals surface area contributed by atoms with Gasteiger partial charge in [-0.05, 0) is 55.2 Å². The van der Waals surface area contributed by atoms with Gasteiger partial charge in [-0.2, -0.15) is 0 Å². The molecule has 2 heterocycles. The SMILES string of the molecule is C[C@H]1CO[C@H](CCc2c(F)cncc2NC(=O)C[C@H](c2ccc(F)cc2)c2ccc(Cl)c(F)c2)CN1. The predicted molar refractivity (Wildman–Crippen MR) is 133 cm³/mol. The summed E-state index contributed by atoms with van der Waals surface area (Å²) >= 11 is 5.83. The zero-order chi connectivity index (χ0) is 25.7. The van der Waals surface area contributed by atoms with Crippen LogP contribution >= 0.6 is 11.6 Å². The van der Waals surface area contributed by atoms with Crippen molar-refractivity contribution in [2.45, 2.75) is 44.2 Å². The monoisotopic (exact) mass is 517 g/mol. The van der Waals surface area contributed by atoms with Crippen LogP contribution in [0.2, 0.25) is 5.02 Å². The van der Waals surface area contributed by atoms with E-state index in [4.69, 9.17) is 16.3 Å². The second-order valence-electron chi connectivity index (χ2n) is 8.98. The molecule has 1 saturated heterocycles. The number of halogens is 4. The van der Waals surface area contributed by atoms with Crippen LogP contribution in [0.1, 0.15) is 42.4 Å². The number of amides is 1. The third-order valence-corrected chi connectivity index (χ3v) is 6.59. The molecule has 2 aromatic carbocycles. The largest absolute Gasteiger partial charge is 0.375 e. The molecular weight excluding hydrogens is 491 g/mol. The average molecular weight is 518 g/mol. The maximum absolute atomic E-state index is 14.7. The van der Waals surface area contributed by atoms with E-state index >= 15 is 0 Å². The average Bonchev–Trinajstić information content (AvgIpc) is 2.86. The Hall–Kier alpha value is -2.94. The van der Waals surface area contributed by atoms with E-state index in [0.29, 0.717) is 42.7 Å². The van der Waals surface area contributed by atoms with Gasteiger partial charge < -0.3 is 15.4 Å². The summed E-state index contributed by atoms with van der Waals surface area (Å²) in [7, 11) is 0. The fourth-order valence-corrected chi connectivity index (χ4v) is 4.40. The molecule has 9 heteroatoms. The summed E-state index contributed by atoms with van der Waals surface area (Å²) < 4.78 is 48.2. The predicted octanol–water partition coefficient (Wildman–Crippen LogP) is 5.62. The highest BCUT2D eigenvalue weighted by atomic mass is 35.5. The van der Waals surface area contributed by atoms with Crippen molar-refractivity contribution in [2.24, 2.45) is 0 Å². The highest BCUT2D eigenvalue weighted by molar-refractivity contribution is 6.30. The number of nitrogens with one attached hydrogen (secondary N) is 2. The third kappa shape index (κ3) is 6.63. The molecule has 0 radical (unpaired) electrons. The van der Waals surface area contributed by atoms with Crippen LogP contribution in [-0.4, -0.2) is 36.2 Å². The summed E-state index contributed by atoms with van der Waals surface area (Å²) in [6.45, 7) is 3.29. The number of rotatable bonds is 8. The van der Waals surface area contributed by atoms with Gasteiger partial charge in [-0.25, -0.2) is 13.2 Å². The number of nitrogens with zero attached hydrogens (tertiary/aromatic N) is 1. The van der Waals surface area contributed by atoms with Crippen LogP contribution in [0.4, 0.5) is 18.9 Å². The first-order valence-corrected chi connectivity index (χ1v) is 12.2. The molecule has 1 amide bonds. The molecule has 1 fully saturated rings. The number of benzene rings is 2. The summed E-state index contributed by atoms with van der Waals surface area (Å²) in [5, 5.41) is 6.06. The van der Waals surface area contributed by atoms with Gasteiger partial charge in [-0.15, -0.1) is 0 Å². The molecule has 0 spiro atoms. The second kappa shape index (κ2) is 11.9. The number of aromatic nitrogens is 1. The van der Waals surface area contributed by atoms with Gasteiger partial charge in [0.1, 0.15) is 17.5 Å². The smallest absolute Gasteiger partial charge is 0.225 e.